The van der Waals surface area contributed by atoms with Crippen molar-refractivity contribution >= 4 is 5.91 Å². The Morgan fingerprint density at radius 3 is 2.58 bits per heavy atom. The van der Waals surface area contributed by atoms with Gasteiger partial charge in [-0.15, -0.1) is 0 Å². The van der Waals surface area contributed by atoms with E-state index in [0.717, 1.165) is 58.5 Å². The molecule has 1 amide bonds. The molecule has 2 aliphatic rings. The van der Waals surface area contributed by atoms with Gasteiger partial charge in [-0.25, -0.2) is 0 Å². The highest BCUT2D eigenvalue weighted by Gasteiger charge is 2.30. The van der Waals surface area contributed by atoms with E-state index in [1.165, 1.54) is 6.42 Å². The molecule has 110 valence electrons. The molecule has 0 atom stereocenters. The van der Waals surface area contributed by atoms with Crippen LogP contribution in [0.4, 0.5) is 0 Å². The molecule has 2 heterocycles. The maximum Gasteiger partial charge on any atom is 0.236 e. The molecule has 1 N–H and O–H groups in total. The van der Waals surface area contributed by atoms with Gasteiger partial charge in [-0.2, -0.15) is 0 Å². The van der Waals surface area contributed by atoms with Gasteiger partial charge in [0.25, 0.3) is 0 Å². The summed E-state index contributed by atoms with van der Waals surface area (Å²) in [6.45, 7) is 11.3. The summed E-state index contributed by atoms with van der Waals surface area (Å²) < 4.78 is 0. The zero-order chi connectivity index (χ0) is 13.7. The third kappa shape index (κ3) is 4.18. The van der Waals surface area contributed by atoms with E-state index in [2.05, 4.69) is 29.0 Å². The third-order valence-electron chi connectivity index (χ3n) is 4.97. The van der Waals surface area contributed by atoms with Crippen LogP contribution in [-0.4, -0.2) is 61.5 Å². The van der Waals surface area contributed by atoms with Gasteiger partial charge in [0.1, 0.15) is 0 Å². The van der Waals surface area contributed by atoms with Gasteiger partial charge < -0.3 is 10.2 Å². The monoisotopic (exact) mass is 267 g/mol. The highest BCUT2D eigenvalue weighted by atomic mass is 16.2. The van der Waals surface area contributed by atoms with Gasteiger partial charge >= 0.3 is 0 Å². The van der Waals surface area contributed by atoms with Gasteiger partial charge in [-0.3, -0.25) is 9.69 Å². The summed E-state index contributed by atoms with van der Waals surface area (Å²) in [6.07, 6.45) is 4.71. The molecule has 4 heteroatoms. The number of hydrogen-bond acceptors (Lipinski definition) is 3. The number of likely N-dealkylation sites (tertiary alicyclic amines) is 1. The molecular weight excluding hydrogens is 238 g/mol. The van der Waals surface area contributed by atoms with Crippen molar-refractivity contribution in [3.05, 3.63) is 0 Å². The highest BCUT2D eigenvalue weighted by molar-refractivity contribution is 5.78. The molecule has 19 heavy (non-hydrogen) atoms. The van der Waals surface area contributed by atoms with Crippen molar-refractivity contribution in [3.63, 3.8) is 0 Å². The number of hydrogen-bond donors (Lipinski definition) is 1. The fourth-order valence-electron chi connectivity index (χ4n) is 3.00. The average molecular weight is 267 g/mol. The van der Waals surface area contributed by atoms with E-state index in [0.29, 0.717) is 17.9 Å². The van der Waals surface area contributed by atoms with Gasteiger partial charge in [0, 0.05) is 26.2 Å². The SMILES string of the molecule is CCC1(C)CCN(C(=O)CN2CCCNCC2)CC1. The predicted octanol–water partition coefficient (Wildman–Crippen LogP) is 1.32. The second-order valence-electron chi connectivity index (χ2n) is 6.42. The Balaban J connectivity index is 1.77. The van der Waals surface area contributed by atoms with Gasteiger partial charge in [-0.05, 0) is 37.8 Å². The molecule has 0 aliphatic carbocycles. The Bertz CT molecular complexity index is 290. The Kier molecular flexibility index (Phi) is 5.22. The lowest BCUT2D eigenvalue weighted by molar-refractivity contribution is -0.134. The van der Waals surface area contributed by atoms with Crippen LogP contribution in [0.25, 0.3) is 0 Å². The van der Waals surface area contributed by atoms with Crippen molar-refractivity contribution in [2.45, 2.75) is 39.5 Å². The minimum Gasteiger partial charge on any atom is -0.342 e. The molecule has 0 aromatic heterocycles. The van der Waals surface area contributed by atoms with Crippen molar-refractivity contribution in [2.24, 2.45) is 5.41 Å². The summed E-state index contributed by atoms with van der Waals surface area (Å²) in [5, 5.41) is 3.38. The van der Waals surface area contributed by atoms with E-state index in [-0.39, 0.29) is 0 Å². The summed E-state index contributed by atoms with van der Waals surface area (Å²) in [4.78, 5) is 16.7. The van der Waals surface area contributed by atoms with Crippen LogP contribution in [0.2, 0.25) is 0 Å². The Morgan fingerprint density at radius 1 is 1.16 bits per heavy atom. The molecule has 0 spiro atoms. The molecule has 4 nitrogen and oxygen atoms in total. The van der Waals surface area contributed by atoms with Gasteiger partial charge in [-0.1, -0.05) is 20.3 Å². The van der Waals surface area contributed by atoms with Crippen molar-refractivity contribution in [3.8, 4) is 0 Å². The maximum absolute atomic E-state index is 12.3. The fraction of sp³-hybridized carbons (Fsp3) is 0.933. The Morgan fingerprint density at radius 2 is 1.89 bits per heavy atom. The highest BCUT2D eigenvalue weighted by Crippen LogP contribution is 2.33. The summed E-state index contributed by atoms with van der Waals surface area (Å²) in [6, 6.07) is 0. The number of piperidine rings is 1. The lowest BCUT2D eigenvalue weighted by Gasteiger charge is -2.39. The quantitative estimate of drug-likeness (QED) is 0.838. The summed E-state index contributed by atoms with van der Waals surface area (Å²) in [5.74, 6) is 0.333. The number of nitrogens with one attached hydrogen (secondary N) is 1. The number of rotatable bonds is 3. The van der Waals surface area contributed by atoms with Gasteiger partial charge in [0.05, 0.1) is 6.54 Å². The van der Waals surface area contributed by atoms with Crippen molar-refractivity contribution in [2.75, 3.05) is 45.8 Å². The standard InChI is InChI=1S/C15H29N3O/c1-3-15(2)5-10-18(11-6-15)14(19)13-17-9-4-7-16-8-12-17/h16H,3-13H2,1-2H3. The summed E-state index contributed by atoms with van der Waals surface area (Å²) in [7, 11) is 0. The molecule has 0 aromatic carbocycles. The molecule has 2 saturated heterocycles. The van der Waals surface area contributed by atoms with Crippen LogP contribution in [0.3, 0.4) is 0 Å². The number of amides is 1. The number of nitrogens with zero attached hydrogens (tertiary/aromatic N) is 2. The van der Waals surface area contributed by atoms with Gasteiger partial charge in [0.2, 0.25) is 5.91 Å². The lowest BCUT2D eigenvalue weighted by Crippen LogP contribution is -2.46. The molecule has 0 unspecified atom stereocenters. The second kappa shape index (κ2) is 6.71. The maximum atomic E-state index is 12.3. The van der Waals surface area contributed by atoms with Crippen LogP contribution in [0.15, 0.2) is 0 Å². The van der Waals surface area contributed by atoms with Crippen LogP contribution in [0, 0.1) is 5.41 Å². The molecule has 0 aromatic rings. The molecule has 2 fully saturated rings. The van der Waals surface area contributed by atoms with Crippen molar-refractivity contribution < 1.29 is 4.79 Å². The second-order valence-corrected chi connectivity index (χ2v) is 6.42. The van der Waals surface area contributed by atoms with Crippen LogP contribution in [0.1, 0.15) is 39.5 Å². The van der Waals surface area contributed by atoms with E-state index in [9.17, 15) is 4.79 Å². The molecule has 0 saturated carbocycles. The van der Waals surface area contributed by atoms with Crippen molar-refractivity contribution in [1.29, 1.82) is 0 Å². The van der Waals surface area contributed by atoms with Crippen LogP contribution < -0.4 is 5.32 Å². The molecule has 2 rings (SSSR count). The van der Waals surface area contributed by atoms with E-state index < -0.39 is 0 Å². The van der Waals surface area contributed by atoms with E-state index in [4.69, 9.17) is 0 Å². The number of carbonyl (C=O) groups excluding carboxylic acids is 1. The average Bonchev–Trinajstić information content (AvgIpc) is 2.68. The topological polar surface area (TPSA) is 35.6 Å². The van der Waals surface area contributed by atoms with E-state index in [1.807, 2.05) is 0 Å². The van der Waals surface area contributed by atoms with Crippen LogP contribution in [-0.2, 0) is 4.79 Å². The first-order valence-electron chi connectivity index (χ1n) is 7.84. The van der Waals surface area contributed by atoms with E-state index in [1.54, 1.807) is 0 Å². The lowest BCUT2D eigenvalue weighted by atomic mass is 9.78. The fourth-order valence-corrected chi connectivity index (χ4v) is 3.00. The zero-order valence-electron chi connectivity index (χ0n) is 12.6. The zero-order valence-corrected chi connectivity index (χ0v) is 12.6. The number of carbonyl (C=O) groups is 1. The molecular formula is C15H29N3O. The van der Waals surface area contributed by atoms with Crippen LogP contribution in [0.5, 0.6) is 0 Å². The van der Waals surface area contributed by atoms with Crippen LogP contribution >= 0.6 is 0 Å². The Hall–Kier alpha value is -0.610. The predicted molar refractivity (Wildman–Crippen MR) is 78.1 cm³/mol. The van der Waals surface area contributed by atoms with E-state index >= 15 is 0 Å². The summed E-state index contributed by atoms with van der Waals surface area (Å²) in [5.41, 5.74) is 0.462. The first-order valence-corrected chi connectivity index (χ1v) is 7.84. The first-order chi connectivity index (χ1) is 9.13. The smallest absolute Gasteiger partial charge is 0.236 e. The van der Waals surface area contributed by atoms with Gasteiger partial charge in [0.15, 0.2) is 0 Å². The first kappa shape index (κ1) is 14.8. The minimum atomic E-state index is 0.333. The minimum absolute atomic E-state index is 0.333. The molecule has 0 bridgehead atoms. The van der Waals surface area contributed by atoms with Crippen molar-refractivity contribution in [1.82, 2.24) is 15.1 Å². The largest absolute Gasteiger partial charge is 0.342 e. The third-order valence-corrected chi connectivity index (χ3v) is 4.97. The molecule has 2 aliphatic heterocycles. The normalized spacial score (nSPS) is 25.1. The summed E-state index contributed by atoms with van der Waals surface area (Å²) >= 11 is 0. The Labute approximate surface area is 117 Å². The molecule has 0 radical (unpaired) electrons.